The zero-order valence-corrected chi connectivity index (χ0v) is 13.0. The number of amides is 1. The SMILES string of the molecule is Cc1noc(C)c1CCC(=O)Nc1ccc(I)cc1. The second-order valence-corrected chi connectivity index (χ2v) is 5.60. The minimum Gasteiger partial charge on any atom is -0.361 e. The third kappa shape index (κ3) is 3.79. The summed E-state index contributed by atoms with van der Waals surface area (Å²) >= 11 is 2.23. The number of hydrogen-bond acceptors (Lipinski definition) is 3. The predicted octanol–water partition coefficient (Wildman–Crippen LogP) is 3.47. The maximum Gasteiger partial charge on any atom is 0.224 e. The molecule has 19 heavy (non-hydrogen) atoms. The Hall–Kier alpha value is -1.37. The van der Waals surface area contributed by atoms with Gasteiger partial charge in [-0.2, -0.15) is 0 Å². The quantitative estimate of drug-likeness (QED) is 0.839. The summed E-state index contributed by atoms with van der Waals surface area (Å²) in [6.07, 6.45) is 1.08. The molecule has 0 spiro atoms. The lowest BCUT2D eigenvalue weighted by molar-refractivity contribution is -0.116. The van der Waals surface area contributed by atoms with Crippen LogP contribution in [0.2, 0.25) is 0 Å². The second kappa shape index (κ2) is 6.18. The highest BCUT2D eigenvalue weighted by Gasteiger charge is 2.11. The molecule has 0 atom stereocenters. The van der Waals surface area contributed by atoms with Crippen molar-refractivity contribution in [1.29, 1.82) is 0 Å². The maximum atomic E-state index is 11.9. The predicted molar refractivity (Wildman–Crippen MR) is 82.1 cm³/mol. The van der Waals surface area contributed by atoms with Crippen molar-refractivity contribution in [2.75, 3.05) is 5.32 Å². The average molecular weight is 370 g/mol. The molecule has 4 nitrogen and oxygen atoms in total. The molecule has 0 aliphatic rings. The fourth-order valence-corrected chi connectivity index (χ4v) is 2.21. The van der Waals surface area contributed by atoms with Crippen molar-refractivity contribution in [2.45, 2.75) is 26.7 Å². The third-order valence-corrected chi connectivity index (χ3v) is 3.63. The van der Waals surface area contributed by atoms with Gasteiger partial charge in [0.05, 0.1) is 5.69 Å². The number of carbonyl (C=O) groups excluding carboxylic acids is 1. The number of aryl methyl sites for hydroxylation is 2. The highest BCUT2D eigenvalue weighted by atomic mass is 127. The summed E-state index contributed by atoms with van der Waals surface area (Å²) < 4.78 is 6.22. The molecule has 1 N–H and O–H groups in total. The van der Waals surface area contributed by atoms with Crippen molar-refractivity contribution in [2.24, 2.45) is 0 Å². The average Bonchev–Trinajstić information content (AvgIpc) is 2.70. The smallest absolute Gasteiger partial charge is 0.224 e. The van der Waals surface area contributed by atoms with E-state index in [-0.39, 0.29) is 5.91 Å². The largest absolute Gasteiger partial charge is 0.361 e. The summed E-state index contributed by atoms with van der Waals surface area (Å²) in [6, 6.07) is 7.72. The van der Waals surface area contributed by atoms with Gasteiger partial charge in [-0.15, -0.1) is 0 Å². The Labute approximate surface area is 125 Å². The Morgan fingerprint density at radius 2 is 2.00 bits per heavy atom. The van der Waals surface area contributed by atoms with Crippen LogP contribution in [0.3, 0.4) is 0 Å². The van der Waals surface area contributed by atoms with E-state index < -0.39 is 0 Å². The lowest BCUT2D eigenvalue weighted by Crippen LogP contribution is -2.12. The Balaban J connectivity index is 1.90. The molecule has 0 bridgehead atoms. The van der Waals surface area contributed by atoms with Gasteiger partial charge < -0.3 is 9.84 Å². The van der Waals surface area contributed by atoms with E-state index in [1.54, 1.807) is 0 Å². The lowest BCUT2D eigenvalue weighted by atomic mass is 10.1. The summed E-state index contributed by atoms with van der Waals surface area (Å²) in [5, 5.41) is 6.76. The van der Waals surface area contributed by atoms with Crippen LogP contribution >= 0.6 is 22.6 Å². The van der Waals surface area contributed by atoms with Crippen LogP contribution in [-0.2, 0) is 11.2 Å². The van der Waals surface area contributed by atoms with Crippen molar-refractivity contribution in [3.8, 4) is 0 Å². The molecule has 1 aromatic heterocycles. The van der Waals surface area contributed by atoms with Crippen LogP contribution in [0.15, 0.2) is 28.8 Å². The van der Waals surface area contributed by atoms with E-state index in [0.717, 1.165) is 26.3 Å². The van der Waals surface area contributed by atoms with Gasteiger partial charge in [-0.05, 0) is 67.1 Å². The van der Waals surface area contributed by atoms with Gasteiger partial charge >= 0.3 is 0 Å². The van der Waals surface area contributed by atoms with Crippen molar-refractivity contribution < 1.29 is 9.32 Å². The zero-order valence-electron chi connectivity index (χ0n) is 10.9. The van der Waals surface area contributed by atoms with Crippen LogP contribution in [0, 0.1) is 17.4 Å². The summed E-state index contributed by atoms with van der Waals surface area (Å²) in [5.74, 6) is 0.792. The van der Waals surface area contributed by atoms with Crippen LogP contribution in [0.1, 0.15) is 23.4 Å². The summed E-state index contributed by atoms with van der Waals surface area (Å²) in [7, 11) is 0. The number of halogens is 1. The molecule has 0 aliphatic heterocycles. The number of nitrogens with zero attached hydrogens (tertiary/aromatic N) is 1. The van der Waals surface area contributed by atoms with E-state index in [0.29, 0.717) is 12.8 Å². The number of anilines is 1. The number of benzene rings is 1. The van der Waals surface area contributed by atoms with Crippen molar-refractivity contribution >= 4 is 34.2 Å². The molecule has 0 saturated heterocycles. The molecule has 100 valence electrons. The lowest BCUT2D eigenvalue weighted by Gasteiger charge is -2.05. The summed E-state index contributed by atoms with van der Waals surface area (Å²) in [4.78, 5) is 11.9. The van der Waals surface area contributed by atoms with Crippen LogP contribution in [0.4, 0.5) is 5.69 Å². The summed E-state index contributed by atoms with van der Waals surface area (Å²) in [5.41, 5.74) is 2.71. The Bertz CT molecular complexity index is 556. The van der Waals surface area contributed by atoms with Gasteiger partial charge in [0.15, 0.2) is 0 Å². The van der Waals surface area contributed by atoms with E-state index in [2.05, 4.69) is 33.1 Å². The third-order valence-electron chi connectivity index (χ3n) is 2.91. The van der Waals surface area contributed by atoms with Gasteiger partial charge in [0.1, 0.15) is 5.76 Å². The van der Waals surface area contributed by atoms with Crippen molar-refractivity contribution in [3.63, 3.8) is 0 Å². The molecule has 1 amide bonds. The number of hydrogen-bond donors (Lipinski definition) is 1. The fourth-order valence-electron chi connectivity index (χ4n) is 1.85. The first kappa shape index (κ1) is 14.0. The Morgan fingerprint density at radius 1 is 1.32 bits per heavy atom. The normalized spacial score (nSPS) is 10.5. The minimum absolute atomic E-state index is 0.00112. The minimum atomic E-state index is 0.00112. The van der Waals surface area contributed by atoms with E-state index in [9.17, 15) is 4.79 Å². The molecular weight excluding hydrogens is 355 g/mol. The second-order valence-electron chi connectivity index (χ2n) is 4.36. The molecule has 1 heterocycles. The maximum absolute atomic E-state index is 11.9. The molecule has 2 rings (SSSR count). The monoisotopic (exact) mass is 370 g/mol. The first-order valence-corrected chi connectivity index (χ1v) is 7.11. The molecule has 0 fully saturated rings. The van der Waals surface area contributed by atoms with Crippen LogP contribution < -0.4 is 5.32 Å². The standard InChI is InChI=1S/C14H15IN2O2/c1-9-13(10(2)19-17-9)7-8-14(18)16-12-5-3-11(15)4-6-12/h3-6H,7-8H2,1-2H3,(H,16,18). The van der Waals surface area contributed by atoms with Gasteiger partial charge in [-0.3, -0.25) is 4.79 Å². The number of carbonyl (C=O) groups is 1. The number of aromatic nitrogens is 1. The molecule has 0 radical (unpaired) electrons. The molecule has 0 unspecified atom stereocenters. The van der Waals surface area contributed by atoms with E-state index in [4.69, 9.17) is 4.52 Å². The van der Waals surface area contributed by atoms with Crippen molar-refractivity contribution in [1.82, 2.24) is 5.16 Å². The molecule has 0 aliphatic carbocycles. The Kier molecular flexibility index (Phi) is 4.57. The number of rotatable bonds is 4. The molecule has 0 saturated carbocycles. The van der Waals surface area contributed by atoms with Crippen LogP contribution in [-0.4, -0.2) is 11.1 Å². The van der Waals surface area contributed by atoms with Gasteiger partial charge in [-0.1, -0.05) is 5.16 Å². The fraction of sp³-hybridized carbons (Fsp3) is 0.286. The van der Waals surface area contributed by atoms with E-state index in [1.165, 1.54) is 0 Å². The van der Waals surface area contributed by atoms with E-state index >= 15 is 0 Å². The van der Waals surface area contributed by atoms with Gasteiger partial charge in [0.2, 0.25) is 5.91 Å². The highest BCUT2D eigenvalue weighted by Crippen LogP contribution is 2.15. The zero-order chi connectivity index (χ0) is 13.8. The Morgan fingerprint density at radius 3 is 2.58 bits per heavy atom. The van der Waals surface area contributed by atoms with Crippen LogP contribution in [0.5, 0.6) is 0 Å². The van der Waals surface area contributed by atoms with Gasteiger partial charge in [0.25, 0.3) is 0 Å². The topological polar surface area (TPSA) is 55.1 Å². The molecule has 5 heteroatoms. The van der Waals surface area contributed by atoms with Gasteiger partial charge in [0, 0.05) is 21.2 Å². The van der Waals surface area contributed by atoms with Gasteiger partial charge in [-0.25, -0.2) is 0 Å². The highest BCUT2D eigenvalue weighted by molar-refractivity contribution is 14.1. The molecule has 2 aromatic rings. The van der Waals surface area contributed by atoms with Crippen molar-refractivity contribution in [3.05, 3.63) is 44.9 Å². The summed E-state index contributed by atoms with van der Waals surface area (Å²) in [6.45, 7) is 3.76. The van der Waals surface area contributed by atoms with E-state index in [1.807, 2.05) is 38.1 Å². The number of nitrogens with one attached hydrogen (secondary N) is 1. The van der Waals surface area contributed by atoms with Crippen LogP contribution in [0.25, 0.3) is 0 Å². The molecule has 1 aromatic carbocycles. The first-order chi connectivity index (χ1) is 9.06. The molecular formula is C14H15IN2O2. The first-order valence-electron chi connectivity index (χ1n) is 6.03.